The van der Waals surface area contributed by atoms with Crippen molar-refractivity contribution in [3.8, 4) is 85.1 Å². The van der Waals surface area contributed by atoms with Crippen LogP contribution in [-0.4, -0.2) is 19.5 Å². The fraction of sp³-hybridized carbons (Fsp3) is 0.0556. The highest BCUT2D eigenvalue weighted by Crippen LogP contribution is 2.59. The van der Waals surface area contributed by atoms with Crippen LogP contribution in [-0.2, 0) is 5.41 Å². The van der Waals surface area contributed by atoms with E-state index in [1.807, 2.05) is 48.5 Å². The van der Waals surface area contributed by atoms with Crippen LogP contribution in [0.4, 0.5) is 0 Å². The van der Waals surface area contributed by atoms with Gasteiger partial charge in [-0.3, -0.25) is 0 Å². The fourth-order valence-electron chi connectivity index (χ4n) is 9.18. The molecular formula is C54H36N4O2. The van der Waals surface area contributed by atoms with Crippen LogP contribution >= 0.6 is 0 Å². The number of para-hydroxylation sites is 3. The van der Waals surface area contributed by atoms with E-state index in [9.17, 15) is 0 Å². The second-order valence-corrected chi connectivity index (χ2v) is 16.0. The first-order valence-corrected chi connectivity index (χ1v) is 20.3. The van der Waals surface area contributed by atoms with Crippen LogP contribution in [0.15, 0.2) is 182 Å². The summed E-state index contributed by atoms with van der Waals surface area (Å²) in [6.45, 7) is 4.55. The Morgan fingerprint density at radius 2 is 0.917 bits per heavy atom. The number of benzene rings is 8. The molecule has 0 saturated carbocycles. The average molecular weight is 773 g/mol. The number of nitrogens with zero attached hydrogens (tertiary/aromatic N) is 4. The van der Waals surface area contributed by atoms with Gasteiger partial charge in [0.2, 0.25) is 0 Å². The smallest absolute Gasteiger partial charge is 0.178 e. The van der Waals surface area contributed by atoms with E-state index >= 15 is 0 Å². The molecule has 10 aromatic rings. The Bertz CT molecular complexity index is 3280. The summed E-state index contributed by atoms with van der Waals surface area (Å²) in [4.78, 5) is 15.1. The highest BCUT2D eigenvalue weighted by Gasteiger charge is 2.39. The van der Waals surface area contributed by atoms with Gasteiger partial charge in [0, 0.05) is 49.7 Å². The van der Waals surface area contributed by atoms with E-state index in [2.05, 4.69) is 152 Å². The van der Waals surface area contributed by atoms with Gasteiger partial charge in [-0.2, -0.15) is 0 Å². The van der Waals surface area contributed by atoms with Crippen molar-refractivity contribution in [3.63, 3.8) is 0 Å². The van der Waals surface area contributed by atoms with Crippen molar-refractivity contribution < 1.29 is 9.47 Å². The maximum absolute atomic E-state index is 6.75. The summed E-state index contributed by atoms with van der Waals surface area (Å²) in [7, 11) is 0. The molecule has 2 aliphatic rings. The van der Waals surface area contributed by atoms with Gasteiger partial charge in [0.1, 0.15) is 0 Å². The van der Waals surface area contributed by atoms with Gasteiger partial charge >= 0.3 is 0 Å². The Labute approximate surface area is 347 Å². The van der Waals surface area contributed by atoms with Crippen LogP contribution in [0.25, 0.3) is 83.9 Å². The zero-order valence-corrected chi connectivity index (χ0v) is 32.9. The molecule has 2 aromatic heterocycles. The summed E-state index contributed by atoms with van der Waals surface area (Å²) >= 11 is 0. The van der Waals surface area contributed by atoms with E-state index in [4.69, 9.17) is 24.4 Å². The standard InChI is InChI=1S/C54H36N4O2/c1-54(2)42-19-9-6-17-41(42)48-43(54)31-32-47-50(48)60-46-22-12-18-38(49(46)59-47)33-23-25-35(26-24-33)52-55-51(34-13-4-3-5-14-34)56-53(57-52)36-27-29-37(30-28-36)58-44-20-10-7-15-39(44)40-16-8-11-21-45(40)58/h3-32H,1-2H3. The largest absolute Gasteiger partial charge is 0.449 e. The highest BCUT2D eigenvalue weighted by molar-refractivity contribution is 6.09. The minimum absolute atomic E-state index is 0.131. The summed E-state index contributed by atoms with van der Waals surface area (Å²) in [5, 5.41) is 2.46. The third-order valence-corrected chi connectivity index (χ3v) is 12.2. The van der Waals surface area contributed by atoms with Gasteiger partial charge in [-0.25, -0.2) is 15.0 Å². The van der Waals surface area contributed by atoms with Gasteiger partial charge in [0.25, 0.3) is 0 Å². The summed E-state index contributed by atoms with van der Waals surface area (Å²) in [5.74, 6) is 4.69. The summed E-state index contributed by atoms with van der Waals surface area (Å²) < 4.78 is 15.8. The van der Waals surface area contributed by atoms with E-state index in [0.29, 0.717) is 34.7 Å². The lowest BCUT2D eigenvalue weighted by molar-refractivity contribution is 0.361. The zero-order valence-electron chi connectivity index (χ0n) is 32.9. The Balaban J connectivity index is 0.897. The fourth-order valence-corrected chi connectivity index (χ4v) is 9.18. The maximum Gasteiger partial charge on any atom is 0.178 e. The lowest BCUT2D eigenvalue weighted by Gasteiger charge is -2.26. The first kappa shape index (κ1) is 34.2. The highest BCUT2D eigenvalue weighted by atomic mass is 16.6. The van der Waals surface area contributed by atoms with Crippen molar-refractivity contribution in [1.82, 2.24) is 19.5 Å². The third-order valence-electron chi connectivity index (χ3n) is 12.2. The predicted octanol–water partition coefficient (Wildman–Crippen LogP) is 13.8. The van der Waals surface area contributed by atoms with Crippen LogP contribution in [0.2, 0.25) is 0 Å². The van der Waals surface area contributed by atoms with Crippen LogP contribution in [0.1, 0.15) is 25.0 Å². The number of fused-ring (bicyclic) bond motifs is 9. The van der Waals surface area contributed by atoms with Gasteiger partial charge in [0.05, 0.1) is 11.0 Å². The monoisotopic (exact) mass is 772 g/mol. The molecule has 0 saturated heterocycles. The van der Waals surface area contributed by atoms with Crippen molar-refractivity contribution in [2.75, 3.05) is 0 Å². The first-order valence-electron chi connectivity index (χ1n) is 20.3. The SMILES string of the molecule is CC1(C)c2ccccc2-c2c1ccc1c2Oc2cccc(-c3ccc(-c4nc(-c5ccccc5)nc(-c5ccc(-n6c7ccccc7c7ccccc76)cc5)n4)cc3)c2O1. The van der Waals surface area contributed by atoms with Crippen molar-refractivity contribution in [2.45, 2.75) is 19.3 Å². The normalized spacial score (nSPS) is 13.2. The van der Waals surface area contributed by atoms with Crippen molar-refractivity contribution in [2.24, 2.45) is 0 Å². The average Bonchev–Trinajstić information content (AvgIpc) is 3.77. The molecule has 0 radical (unpaired) electrons. The molecule has 1 aliphatic carbocycles. The first-order chi connectivity index (χ1) is 29.5. The maximum atomic E-state index is 6.75. The topological polar surface area (TPSA) is 62.1 Å². The molecule has 6 heteroatoms. The number of ether oxygens (including phenoxy) is 2. The molecule has 284 valence electrons. The number of hydrogen-bond acceptors (Lipinski definition) is 5. The molecule has 0 spiro atoms. The molecule has 60 heavy (non-hydrogen) atoms. The molecule has 1 aliphatic heterocycles. The third kappa shape index (κ3) is 5.24. The van der Waals surface area contributed by atoms with Crippen LogP contribution in [0.3, 0.4) is 0 Å². The number of rotatable bonds is 5. The second kappa shape index (κ2) is 13.1. The summed E-state index contributed by atoms with van der Waals surface area (Å²) in [5.41, 5.74) is 12.8. The molecule has 8 aromatic carbocycles. The van der Waals surface area contributed by atoms with Gasteiger partial charge in [-0.1, -0.05) is 147 Å². The molecule has 0 atom stereocenters. The zero-order chi connectivity index (χ0) is 40.0. The number of aromatic nitrogens is 4. The van der Waals surface area contributed by atoms with E-state index in [1.165, 1.54) is 38.5 Å². The Kier molecular flexibility index (Phi) is 7.47. The molecule has 0 unspecified atom stereocenters. The number of hydrogen-bond donors (Lipinski definition) is 0. The van der Waals surface area contributed by atoms with Crippen molar-refractivity contribution >= 4 is 21.8 Å². The quantitative estimate of drug-likeness (QED) is 0.174. The van der Waals surface area contributed by atoms with Gasteiger partial charge in [-0.15, -0.1) is 0 Å². The molecule has 0 N–H and O–H groups in total. The molecular weight excluding hydrogens is 737 g/mol. The Morgan fingerprint density at radius 1 is 0.400 bits per heavy atom. The molecule has 12 rings (SSSR count). The van der Waals surface area contributed by atoms with Crippen molar-refractivity contribution in [3.05, 3.63) is 193 Å². The van der Waals surface area contributed by atoms with Crippen molar-refractivity contribution in [1.29, 1.82) is 0 Å². The van der Waals surface area contributed by atoms with E-state index < -0.39 is 0 Å². The minimum Gasteiger partial charge on any atom is -0.449 e. The van der Waals surface area contributed by atoms with Crippen LogP contribution < -0.4 is 9.47 Å². The van der Waals surface area contributed by atoms with Gasteiger partial charge < -0.3 is 14.0 Å². The summed E-state index contributed by atoms with van der Waals surface area (Å²) in [6, 6.07) is 62.9. The van der Waals surface area contributed by atoms with E-state index in [1.54, 1.807) is 0 Å². The second-order valence-electron chi connectivity index (χ2n) is 16.0. The Morgan fingerprint density at radius 3 is 1.60 bits per heavy atom. The van der Waals surface area contributed by atoms with E-state index in [-0.39, 0.29) is 5.41 Å². The molecule has 3 heterocycles. The van der Waals surface area contributed by atoms with E-state index in [0.717, 1.165) is 44.8 Å². The molecule has 6 nitrogen and oxygen atoms in total. The molecule has 0 bridgehead atoms. The predicted molar refractivity (Wildman–Crippen MR) is 240 cm³/mol. The van der Waals surface area contributed by atoms with Gasteiger partial charge in [-0.05, 0) is 70.8 Å². The summed E-state index contributed by atoms with van der Waals surface area (Å²) in [6.07, 6.45) is 0. The molecule has 0 amide bonds. The van der Waals surface area contributed by atoms with Crippen LogP contribution in [0, 0.1) is 0 Å². The lowest BCUT2D eigenvalue weighted by atomic mass is 9.82. The van der Waals surface area contributed by atoms with Crippen LogP contribution in [0.5, 0.6) is 23.0 Å². The molecule has 0 fully saturated rings. The Hall–Kier alpha value is -7.83. The lowest BCUT2D eigenvalue weighted by Crippen LogP contribution is -2.15. The minimum atomic E-state index is -0.131. The van der Waals surface area contributed by atoms with Gasteiger partial charge in [0.15, 0.2) is 40.5 Å².